The van der Waals surface area contributed by atoms with E-state index in [1.807, 2.05) is 19.1 Å². The van der Waals surface area contributed by atoms with Gasteiger partial charge >= 0.3 is 5.97 Å². The van der Waals surface area contributed by atoms with Gasteiger partial charge in [-0.25, -0.2) is 0 Å². The number of esters is 1. The zero-order chi connectivity index (χ0) is 13.5. The van der Waals surface area contributed by atoms with Gasteiger partial charge in [0.15, 0.2) is 0 Å². The number of rotatable bonds is 6. The first-order chi connectivity index (χ1) is 8.54. The summed E-state index contributed by atoms with van der Waals surface area (Å²) < 4.78 is 10.3. The molecule has 0 heterocycles. The average Bonchev–Trinajstić information content (AvgIpc) is 2.36. The zero-order valence-corrected chi connectivity index (χ0v) is 11.1. The van der Waals surface area contributed by atoms with Gasteiger partial charge in [0.05, 0.1) is 18.6 Å². The lowest BCUT2D eigenvalue weighted by Crippen LogP contribution is -2.14. The molecule has 1 rings (SSSR count). The Morgan fingerprint density at radius 2 is 1.89 bits per heavy atom. The molecule has 0 bridgehead atoms. The predicted octanol–water partition coefficient (Wildman–Crippen LogP) is 2.11. The third kappa shape index (κ3) is 4.37. The van der Waals surface area contributed by atoms with Crippen molar-refractivity contribution in [2.24, 2.45) is 0 Å². The summed E-state index contributed by atoms with van der Waals surface area (Å²) in [6, 6.07) is 7.23. The van der Waals surface area contributed by atoms with Crippen LogP contribution in [0.4, 0.5) is 0 Å². The van der Waals surface area contributed by atoms with Crippen LogP contribution >= 0.6 is 0 Å². The van der Waals surface area contributed by atoms with Gasteiger partial charge in [0.2, 0.25) is 0 Å². The summed E-state index contributed by atoms with van der Waals surface area (Å²) in [5, 5.41) is 9.10. The Kier molecular flexibility index (Phi) is 5.65. The van der Waals surface area contributed by atoms with E-state index in [-0.39, 0.29) is 18.5 Å². The summed E-state index contributed by atoms with van der Waals surface area (Å²) in [5.74, 6) is 0.168. The highest BCUT2D eigenvalue weighted by molar-refractivity contribution is 5.77. The van der Waals surface area contributed by atoms with Gasteiger partial charge in [-0.05, 0) is 38.5 Å². The van der Waals surface area contributed by atoms with Crippen LogP contribution in [-0.2, 0) is 9.53 Å². The van der Waals surface area contributed by atoms with E-state index >= 15 is 0 Å². The Balaban J connectivity index is 2.61. The summed E-state index contributed by atoms with van der Waals surface area (Å²) in [7, 11) is 0. The first-order valence-electron chi connectivity index (χ1n) is 6.12. The maximum absolute atomic E-state index is 11.6. The van der Waals surface area contributed by atoms with E-state index in [1.54, 1.807) is 26.0 Å². The van der Waals surface area contributed by atoms with Crippen LogP contribution in [0.1, 0.15) is 32.3 Å². The van der Waals surface area contributed by atoms with Crippen LogP contribution in [0.3, 0.4) is 0 Å². The first-order valence-corrected chi connectivity index (χ1v) is 6.12. The zero-order valence-electron chi connectivity index (χ0n) is 11.1. The highest BCUT2D eigenvalue weighted by Crippen LogP contribution is 2.20. The van der Waals surface area contributed by atoms with E-state index in [2.05, 4.69) is 0 Å². The van der Waals surface area contributed by atoms with Crippen LogP contribution in [0, 0.1) is 0 Å². The number of carbonyl (C=O) groups is 1. The lowest BCUT2D eigenvalue weighted by Gasteiger charge is -2.12. The lowest BCUT2D eigenvalue weighted by atomic mass is 10.0. The van der Waals surface area contributed by atoms with Crippen LogP contribution in [0.15, 0.2) is 24.3 Å². The van der Waals surface area contributed by atoms with E-state index < -0.39 is 6.10 Å². The lowest BCUT2D eigenvalue weighted by molar-refractivity contribution is -0.144. The summed E-state index contributed by atoms with van der Waals surface area (Å²) in [4.78, 5) is 11.6. The smallest absolute Gasteiger partial charge is 0.313 e. The standard InChI is InChI=1S/C14H20O4/c1-4-17-14(16)11(3)12-5-7-13(8-6-12)18-9-10(2)15/h5-8,10-11,15H,4,9H2,1-3H3. The second-order valence-corrected chi connectivity index (χ2v) is 4.20. The summed E-state index contributed by atoms with van der Waals surface area (Å²) in [6.07, 6.45) is -0.497. The van der Waals surface area contributed by atoms with Gasteiger partial charge in [0.25, 0.3) is 0 Å². The third-order valence-corrected chi connectivity index (χ3v) is 2.51. The van der Waals surface area contributed by atoms with Crippen molar-refractivity contribution >= 4 is 5.97 Å². The van der Waals surface area contributed by atoms with Gasteiger partial charge in [0, 0.05) is 0 Å². The first kappa shape index (κ1) is 14.5. The number of benzene rings is 1. The molecule has 0 aliphatic carbocycles. The molecule has 0 radical (unpaired) electrons. The highest BCUT2D eigenvalue weighted by Gasteiger charge is 2.16. The van der Waals surface area contributed by atoms with E-state index in [9.17, 15) is 4.79 Å². The van der Waals surface area contributed by atoms with E-state index in [0.29, 0.717) is 12.4 Å². The predicted molar refractivity (Wildman–Crippen MR) is 68.7 cm³/mol. The molecule has 1 aromatic rings. The van der Waals surface area contributed by atoms with Crippen molar-refractivity contribution in [3.05, 3.63) is 29.8 Å². The van der Waals surface area contributed by atoms with Crippen LogP contribution < -0.4 is 4.74 Å². The molecule has 0 aromatic heterocycles. The van der Waals surface area contributed by atoms with Crippen molar-refractivity contribution in [3.8, 4) is 5.75 Å². The minimum absolute atomic E-state index is 0.227. The summed E-state index contributed by atoms with van der Waals surface area (Å²) in [5.41, 5.74) is 0.887. The number of aliphatic hydroxyl groups excluding tert-OH is 1. The molecule has 1 N–H and O–H groups in total. The van der Waals surface area contributed by atoms with Crippen molar-refractivity contribution in [2.45, 2.75) is 32.8 Å². The number of hydrogen-bond acceptors (Lipinski definition) is 4. The molecule has 0 fully saturated rings. The SMILES string of the molecule is CCOC(=O)C(C)c1ccc(OCC(C)O)cc1. The summed E-state index contributed by atoms with van der Waals surface area (Å²) in [6.45, 7) is 5.91. The van der Waals surface area contributed by atoms with Crippen LogP contribution in [0.5, 0.6) is 5.75 Å². The average molecular weight is 252 g/mol. The van der Waals surface area contributed by atoms with Gasteiger partial charge in [-0.1, -0.05) is 12.1 Å². The van der Waals surface area contributed by atoms with Gasteiger partial charge in [-0.2, -0.15) is 0 Å². The number of aliphatic hydroxyl groups is 1. The minimum atomic E-state index is -0.497. The minimum Gasteiger partial charge on any atom is -0.491 e. The van der Waals surface area contributed by atoms with Gasteiger partial charge < -0.3 is 14.6 Å². The van der Waals surface area contributed by atoms with Crippen molar-refractivity contribution < 1.29 is 19.4 Å². The Labute approximate surface area is 108 Å². The Bertz CT molecular complexity index is 370. The van der Waals surface area contributed by atoms with Gasteiger partial charge in [-0.3, -0.25) is 4.79 Å². The Morgan fingerprint density at radius 1 is 1.28 bits per heavy atom. The Hall–Kier alpha value is -1.55. The molecule has 2 atom stereocenters. The van der Waals surface area contributed by atoms with Crippen LogP contribution in [-0.4, -0.2) is 30.4 Å². The molecule has 18 heavy (non-hydrogen) atoms. The monoisotopic (exact) mass is 252 g/mol. The van der Waals surface area contributed by atoms with Crippen molar-refractivity contribution in [1.29, 1.82) is 0 Å². The Morgan fingerprint density at radius 3 is 2.39 bits per heavy atom. The van der Waals surface area contributed by atoms with Gasteiger partial charge in [0.1, 0.15) is 12.4 Å². The second kappa shape index (κ2) is 7.01. The van der Waals surface area contributed by atoms with Crippen molar-refractivity contribution in [2.75, 3.05) is 13.2 Å². The normalized spacial score (nSPS) is 13.8. The van der Waals surface area contributed by atoms with E-state index in [1.165, 1.54) is 0 Å². The van der Waals surface area contributed by atoms with Crippen LogP contribution in [0.2, 0.25) is 0 Å². The van der Waals surface area contributed by atoms with Crippen LogP contribution in [0.25, 0.3) is 0 Å². The fourth-order valence-electron chi connectivity index (χ4n) is 1.47. The molecule has 0 spiro atoms. The highest BCUT2D eigenvalue weighted by atomic mass is 16.5. The number of carbonyl (C=O) groups excluding carboxylic acids is 1. The second-order valence-electron chi connectivity index (χ2n) is 4.20. The molecular formula is C14H20O4. The molecule has 0 aliphatic rings. The molecule has 0 saturated carbocycles. The molecule has 0 amide bonds. The topological polar surface area (TPSA) is 55.8 Å². The largest absolute Gasteiger partial charge is 0.491 e. The number of ether oxygens (including phenoxy) is 2. The fraction of sp³-hybridized carbons (Fsp3) is 0.500. The van der Waals surface area contributed by atoms with E-state index in [0.717, 1.165) is 5.56 Å². The molecule has 100 valence electrons. The molecule has 4 nitrogen and oxygen atoms in total. The maximum atomic E-state index is 11.6. The quantitative estimate of drug-likeness (QED) is 0.788. The molecule has 2 unspecified atom stereocenters. The number of hydrogen-bond donors (Lipinski definition) is 1. The molecule has 4 heteroatoms. The molecule has 0 saturated heterocycles. The third-order valence-electron chi connectivity index (χ3n) is 2.51. The van der Waals surface area contributed by atoms with E-state index in [4.69, 9.17) is 14.6 Å². The fourth-order valence-corrected chi connectivity index (χ4v) is 1.47. The van der Waals surface area contributed by atoms with Crippen molar-refractivity contribution in [3.63, 3.8) is 0 Å². The van der Waals surface area contributed by atoms with Gasteiger partial charge in [-0.15, -0.1) is 0 Å². The maximum Gasteiger partial charge on any atom is 0.313 e. The molecule has 1 aromatic carbocycles. The summed E-state index contributed by atoms with van der Waals surface area (Å²) >= 11 is 0. The van der Waals surface area contributed by atoms with Crippen molar-refractivity contribution in [1.82, 2.24) is 0 Å². The molecular weight excluding hydrogens is 232 g/mol. The molecule has 0 aliphatic heterocycles.